The van der Waals surface area contributed by atoms with Gasteiger partial charge in [-0.1, -0.05) is 13.0 Å². The molecule has 0 radical (unpaired) electrons. The van der Waals surface area contributed by atoms with Crippen molar-refractivity contribution in [3.05, 3.63) is 64.9 Å². The van der Waals surface area contributed by atoms with Gasteiger partial charge in [0.2, 0.25) is 0 Å². The molecule has 1 heterocycles. The molecule has 0 saturated heterocycles. The summed E-state index contributed by atoms with van der Waals surface area (Å²) in [5, 5.41) is 3.50. The topological polar surface area (TPSA) is 34.0 Å². The SMILES string of the molecule is CCc1ccc2c(c1)c(C)c(C(=O)Nc1cc(F)ccc1F)n2CC. The number of nitrogens with zero attached hydrogens (tertiary/aromatic N) is 1. The van der Waals surface area contributed by atoms with E-state index in [9.17, 15) is 13.6 Å². The highest BCUT2D eigenvalue weighted by Gasteiger charge is 2.21. The number of carbonyl (C=O) groups excluding carboxylic acids is 1. The van der Waals surface area contributed by atoms with Crippen LogP contribution in [0, 0.1) is 18.6 Å². The van der Waals surface area contributed by atoms with Gasteiger partial charge in [0.15, 0.2) is 0 Å². The number of rotatable bonds is 4. The van der Waals surface area contributed by atoms with Crippen LogP contribution in [-0.4, -0.2) is 10.5 Å². The molecule has 5 heteroatoms. The number of hydrogen-bond acceptors (Lipinski definition) is 1. The number of halogens is 2. The van der Waals surface area contributed by atoms with Crippen LogP contribution in [0.4, 0.5) is 14.5 Å². The lowest BCUT2D eigenvalue weighted by atomic mass is 10.1. The number of hydrogen-bond donors (Lipinski definition) is 1. The van der Waals surface area contributed by atoms with Crippen molar-refractivity contribution >= 4 is 22.5 Å². The minimum Gasteiger partial charge on any atom is -0.337 e. The van der Waals surface area contributed by atoms with Crippen molar-refractivity contribution in [2.75, 3.05) is 5.32 Å². The molecule has 0 saturated carbocycles. The van der Waals surface area contributed by atoms with Crippen molar-refractivity contribution in [2.24, 2.45) is 0 Å². The van der Waals surface area contributed by atoms with Gasteiger partial charge in [-0.2, -0.15) is 0 Å². The van der Waals surface area contributed by atoms with Crippen LogP contribution < -0.4 is 5.32 Å². The van der Waals surface area contributed by atoms with E-state index in [1.165, 1.54) is 5.56 Å². The standard InChI is InChI=1S/C20H20F2N2O/c1-4-13-6-9-18-15(10-13)12(3)19(24(18)5-2)20(25)23-17-11-14(21)7-8-16(17)22/h6-11H,4-5H2,1-3H3,(H,23,25). The van der Waals surface area contributed by atoms with Gasteiger partial charge in [-0.15, -0.1) is 0 Å². The number of fused-ring (bicyclic) bond motifs is 1. The van der Waals surface area contributed by atoms with Gasteiger partial charge in [0.1, 0.15) is 17.3 Å². The van der Waals surface area contributed by atoms with Crippen LogP contribution in [0.15, 0.2) is 36.4 Å². The molecule has 3 nitrogen and oxygen atoms in total. The summed E-state index contributed by atoms with van der Waals surface area (Å²) in [7, 11) is 0. The molecule has 2 aromatic carbocycles. The fourth-order valence-electron chi connectivity index (χ4n) is 3.19. The Balaban J connectivity index is 2.09. The van der Waals surface area contributed by atoms with Crippen LogP contribution >= 0.6 is 0 Å². The van der Waals surface area contributed by atoms with Crippen molar-refractivity contribution in [2.45, 2.75) is 33.7 Å². The largest absolute Gasteiger partial charge is 0.337 e. The Morgan fingerprint density at radius 1 is 1.12 bits per heavy atom. The summed E-state index contributed by atoms with van der Waals surface area (Å²) in [5.74, 6) is -1.71. The van der Waals surface area contributed by atoms with Gasteiger partial charge < -0.3 is 9.88 Å². The van der Waals surface area contributed by atoms with Crippen molar-refractivity contribution in [1.29, 1.82) is 0 Å². The van der Waals surface area contributed by atoms with E-state index in [4.69, 9.17) is 0 Å². The van der Waals surface area contributed by atoms with E-state index in [0.29, 0.717) is 12.2 Å². The second kappa shape index (κ2) is 6.67. The summed E-state index contributed by atoms with van der Waals surface area (Å²) in [6.45, 7) is 6.51. The lowest BCUT2D eigenvalue weighted by Crippen LogP contribution is -2.18. The molecule has 0 fully saturated rings. The second-order valence-corrected chi connectivity index (χ2v) is 6.00. The minimum absolute atomic E-state index is 0.161. The third kappa shape index (κ3) is 3.02. The predicted molar refractivity (Wildman–Crippen MR) is 96.0 cm³/mol. The number of carbonyl (C=O) groups is 1. The molecular weight excluding hydrogens is 322 g/mol. The van der Waals surface area contributed by atoms with Crippen LogP contribution in [0.3, 0.4) is 0 Å². The van der Waals surface area contributed by atoms with E-state index in [1.807, 2.05) is 30.5 Å². The fraction of sp³-hybridized carbons (Fsp3) is 0.250. The smallest absolute Gasteiger partial charge is 0.272 e. The number of nitrogens with one attached hydrogen (secondary N) is 1. The summed E-state index contributed by atoms with van der Waals surface area (Å²) in [6, 6.07) is 9.13. The summed E-state index contributed by atoms with van der Waals surface area (Å²) < 4.78 is 29.1. The van der Waals surface area contributed by atoms with Crippen molar-refractivity contribution in [3.8, 4) is 0 Å². The van der Waals surface area contributed by atoms with Crippen LogP contribution in [0.1, 0.15) is 35.5 Å². The first-order valence-electron chi connectivity index (χ1n) is 8.34. The monoisotopic (exact) mass is 342 g/mol. The maximum Gasteiger partial charge on any atom is 0.272 e. The molecule has 3 aromatic rings. The van der Waals surface area contributed by atoms with Crippen LogP contribution in [0.25, 0.3) is 10.9 Å². The van der Waals surface area contributed by atoms with E-state index >= 15 is 0 Å². The van der Waals surface area contributed by atoms with Crippen LogP contribution in [0.5, 0.6) is 0 Å². The van der Waals surface area contributed by atoms with Gasteiger partial charge in [-0.25, -0.2) is 8.78 Å². The summed E-state index contributed by atoms with van der Waals surface area (Å²) >= 11 is 0. The van der Waals surface area contributed by atoms with E-state index in [-0.39, 0.29) is 5.69 Å². The lowest BCUT2D eigenvalue weighted by Gasteiger charge is -2.10. The van der Waals surface area contributed by atoms with Gasteiger partial charge >= 0.3 is 0 Å². The highest BCUT2D eigenvalue weighted by atomic mass is 19.1. The summed E-state index contributed by atoms with van der Waals surface area (Å²) in [6.07, 6.45) is 0.905. The maximum atomic E-state index is 13.8. The lowest BCUT2D eigenvalue weighted by molar-refractivity contribution is 0.101. The molecular formula is C20H20F2N2O. The Hall–Kier alpha value is -2.69. The molecule has 1 aromatic heterocycles. The van der Waals surface area contributed by atoms with Gasteiger partial charge in [0.05, 0.1) is 5.69 Å². The number of benzene rings is 2. The highest BCUT2D eigenvalue weighted by molar-refractivity contribution is 6.08. The predicted octanol–water partition coefficient (Wildman–Crippen LogP) is 5.06. The average molecular weight is 342 g/mol. The zero-order chi connectivity index (χ0) is 18.1. The quantitative estimate of drug-likeness (QED) is 0.706. The molecule has 0 aliphatic carbocycles. The Labute approximate surface area is 145 Å². The first-order valence-corrected chi connectivity index (χ1v) is 8.34. The Kier molecular flexibility index (Phi) is 4.57. The van der Waals surface area contributed by atoms with Crippen LogP contribution in [-0.2, 0) is 13.0 Å². The molecule has 3 rings (SSSR count). The van der Waals surface area contributed by atoms with Crippen LogP contribution in [0.2, 0.25) is 0 Å². The number of amides is 1. The van der Waals surface area contributed by atoms with Gasteiger partial charge in [-0.05, 0) is 55.7 Å². The Morgan fingerprint density at radius 2 is 1.88 bits per heavy atom. The average Bonchev–Trinajstić information content (AvgIpc) is 2.89. The van der Waals surface area contributed by atoms with E-state index < -0.39 is 17.5 Å². The minimum atomic E-state index is -0.667. The van der Waals surface area contributed by atoms with Gasteiger partial charge in [0.25, 0.3) is 5.91 Å². The molecule has 0 aliphatic heterocycles. The number of aryl methyl sites for hydroxylation is 3. The zero-order valence-corrected chi connectivity index (χ0v) is 14.5. The molecule has 0 aliphatic rings. The molecule has 25 heavy (non-hydrogen) atoms. The number of anilines is 1. The number of aromatic nitrogens is 1. The van der Waals surface area contributed by atoms with E-state index in [2.05, 4.69) is 18.3 Å². The molecule has 0 atom stereocenters. The molecule has 1 N–H and O–H groups in total. The van der Waals surface area contributed by atoms with Crippen molar-refractivity contribution in [3.63, 3.8) is 0 Å². The van der Waals surface area contributed by atoms with E-state index in [0.717, 1.165) is 41.1 Å². The highest BCUT2D eigenvalue weighted by Crippen LogP contribution is 2.28. The van der Waals surface area contributed by atoms with Gasteiger partial charge in [-0.3, -0.25) is 4.79 Å². The van der Waals surface area contributed by atoms with E-state index in [1.54, 1.807) is 0 Å². The molecule has 0 bridgehead atoms. The molecule has 0 unspecified atom stereocenters. The molecule has 0 spiro atoms. The van der Waals surface area contributed by atoms with Crippen molar-refractivity contribution in [1.82, 2.24) is 4.57 Å². The molecule has 130 valence electrons. The normalized spacial score (nSPS) is 11.1. The second-order valence-electron chi connectivity index (χ2n) is 6.00. The third-order valence-corrected chi connectivity index (χ3v) is 4.50. The third-order valence-electron chi connectivity index (χ3n) is 4.50. The van der Waals surface area contributed by atoms with Gasteiger partial charge in [0, 0.05) is 23.5 Å². The summed E-state index contributed by atoms with van der Waals surface area (Å²) in [5.41, 5.74) is 3.29. The Bertz CT molecular complexity index is 960. The zero-order valence-electron chi connectivity index (χ0n) is 14.5. The van der Waals surface area contributed by atoms with Crippen molar-refractivity contribution < 1.29 is 13.6 Å². The summed E-state index contributed by atoms with van der Waals surface area (Å²) in [4.78, 5) is 12.8. The molecule has 1 amide bonds. The fourth-order valence-corrected chi connectivity index (χ4v) is 3.19. The maximum absolute atomic E-state index is 13.8. The first-order chi connectivity index (χ1) is 12.0. The first kappa shape index (κ1) is 17.1. The Morgan fingerprint density at radius 3 is 2.56 bits per heavy atom.